The number of amides is 1. The minimum atomic E-state index is -0.530. The molecule has 3 aromatic rings. The Morgan fingerprint density at radius 2 is 1.96 bits per heavy atom. The fraction of sp³-hybridized carbons (Fsp3) is 0.158. The summed E-state index contributed by atoms with van der Waals surface area (Å²) in [4.78, 5) is 42.5. The van der Waals surface area contributed by atoms with Crippen molar-refractivity contribution in [2.75, 3.05) is 12.0 Å². The SMILES string of the molecule is COC(=O)c1cccc(Cn2c(=O)nc3n2C(=O)N(c2cccc(Cl)c2)C3)c1. The van der Waals surface area contributed by atoms with Crippen LogP contribution in [0.5, 0.6) is 0 Å². The highest BCUT2D eigenvalue weighted by Crippen LogP contribution is 2.25. The molecule has 1 amide bonds. The quantitative estimate of drug-likeness (QED) is 0.630. The Labute approximate surface area is 164 Å². The predicted octanol–water partition coefficient (Wildman–Crippen LogP) is 2.52. The summed E-state index contributed by atoms with van der Waals surface area (Å²) in [5.41, 5.74) is 1.12. The lowest BCUT2D eigenvalue weighted by atomic mass is 10.1. The fourth-order valence-corrected chi connectivity index (χ4v) is 3.34. The zero-order valence-corrected chi connectivity index (χ0v) is 15.6. The number of halogens is 1. The lowest BCUT2D eigenvalue weighted by molar-refractivity contribution is 0.0600. The van der Waals surface area contributed by atoms with Gasteiger partial charge in [-0.1, -0.05) is 29.8 Å². The molecule has 1 aliphatic rings. The summed E-state index contributed by atoms with van der Waals surface area (Å²) in [7, 11) is 1.30. The molecule has 0 spiro atoms. The van der Waals surface area contributed by atoms with Crippen LogP contribution in [0.3, 0.4) is 0 Å². The molecule has 0 N–H and O–H groups in total. The van der Waals surface area contributed by atoms with Crippen molar-refractivity contribution in [3.63, 3.8) is 0 Å². The Morgan fingerprint density at radius 3 is 2.71 bits per heavy atom. The van der Waals surface area contributed by atoms with E-state index < -0.39 is 17.7 Å². The summed E-state index contributed by atoms with van der Waals surface area (Å²) >= 11 is 6.02. The Hall–Kier alpha value is -3.39. The van der Waals surface area contributed by atoms with Gasteiger partial charge in [-0.05, 0) is 35.9 Å². The molecule has 0 aliphatic carbocycles. The van der Waals surface area contributed by atoms with Gasteiger partial charge in [0.25, 0.3) is 0 Å². The second kappa shape index (κ2) is 6.97. The Balaban J connectivity index is 1.67. The van der Waals surface area contributed by atoms with Gasteiger partial charge in [-0.3, -0.25) is 4.90 Å². The number of hydrogen-bond donors (Lipinski definition) is 0. The molecular weight excluding hydrogens is 384 g/mol. The molecule has 0 saturated carbocycles. The van der Waals surface area contributed by atoms with E-state index in [4.69, 9.17) is 16.3 Å². The topological polar surface area (TPSA) is 86.4 Å². The van der Waals surface area contributed by atoms with Gasteiger partial charge in [-0.15, -0.1) is 0 Å². The number of benzene rings is 2. The zero-order valence-electron chi connectivity index (χ0n) is 14.8. The number of carbonyl (C=O) groups excluding carboxylic acids is 2. The molecule has 0 unspecified atom stereocenters. The third kappa shape index (κ3) is 3.07. The van der Waals surface area contributed by atoms with Gasteiger partial charge in [0.1, 0.15) is 0 Å². The first-order valence-corrected chi connectivity index (χ1v) is 8.79. The Bertz CT molecular complexity index is 1150. The van der Waals surface area contributed by atoms with Crippen molar-refractivity contribution < 1.29 is 14.3 Å². The molecule has 0 atom stereocenters. The molecule has 8 nitrogen and oxygen atoms in total. The van der Waals surface area contributed by atoms with Crippen molar-refractivity contribution in [2.45, 2.75) is 13.1 Å². The van der Waals surface area contributed by atoms with Crippen molar-refractivity contribution in [1.29, 1.82) is 0 Å². The number of methoxy groups -OCH3 is 1. The van der Waals surface area contributed by atoms with Gasteiger partial charge in [0.2, 0.25) is 0 Å². The highest BCUT2D eigenvalue weighted by Gasteiger charge is 2.33. The number of aromatic nitrogens is 3. The monoisotopic (exact) mass is 398 g/mol. The summed E-state index contributed by atoms with van der Waals surface area (Å²) < 4.78 is 7.22. The van der Waals surface area contributed by atoms with Gasteiger partial charge < -0.3 is 4.74 Å². The molecule has 2 aromatic carbocycles. The summed E-state index contributed by atoms with van der Waals surface area (Å²) in [6, 6.07) is 13.2. The van der Waals surface area contributed by atoms with Crippen LogP contribution in [0.2, 0.25) is 5.02 Å². The van der Waals surface area contributed by atoms with Crippen LogP contribution in [0.4, 0.5) is 10.5 Å². The molecule has 142 valence electrons. The zero-order chi connectivity index (χ0) is 19.8. The smallest absolute Gasteiger partial charge is 0.364 e. The molecule has 0 fully saturated rings. The first kappa shape index (κ1) is 18.0. The van der Waals surface area contributed by atoms with Crippen LogP contribution in [0.15, 0.2) is 53.3 Å². The molecular formula is C19H15ClN4O4. The average molecular weight is 399 g/mol. The van der Waals surface area contributed by atoms with Gasteiger partial charge in [0.15, 0.2) is 5.82 Å². The second-order valence-electron chi connectivity index (χ2n) is 6.22. The average Bonchev–Trinajstić information content (AvgIpc) is 3.17. The molecule has 28 heavy (non-hydrogen) atoms. The first-order valence-electron chi connectivity index (χ1n) is 8.41. The van der Waals surface area contributed by atoms with Crippen molar-refractivity contribution in [2.24, 2.45) is 0 Å². The maximum atomic E-state index is 12.9. The molecule has 0 radical (unpaired) electrons. The molecule has 1 aliphatic heterocycles. The van der Waals surface area contributed by atoms with Crippen LogP contribution in [0, 0.1) is 0 Å². The standard InChI is InChI=1S/C19H15ClN4O4/c1-28-17(25)13-5-2-4-12(8-13)10-23-18(26)21-16-11-22(19(27)24(16)23)15-7-3-6-14(20)9-15/h2-9H,10-11H2,1H3. The van der Waals surface area contributed by atoms with Crippen molar-refractivity contribution in [3.05, 3.63) is 81.0 Å². The van der Waals surface area contributed by atoms with E-state index in [1.54, 1.807) is 48.5 Å². The Kier molecular flexibility index (Phi) is 4.48. The number of hydrogen-bond acceptors (Lipinski definition) is 5. The number of fused-ring (bicyclic) bond motifs is 1. The van der Waals surface area contributed by atoms with Crippen LogP contribution in [0.1, 0.15) is 21.7 Å². The van der Waals surface area contributed by atoms with Crippen molar-refractivity contribution in [3.8, 4) is 0 Å². The summed E-state index contributed by atoms with van der Waals surface area (Å²) in [6.07, 6.45) is 0. The van der Waals surface area contributed by atoms with E-state index in [-0.39, 0.29) is 13.1 Å². The van der Waals surface area contributed by atoms with Crippen LogP contribution < -0.4 is 10.6 Å². The number of rotatable bonds is 4. The van der Waals surface area contributed by atoms with Gasteiger partial charge in [-0.2, -0.15) is 9.67 Å². The lowest BCUT2D eigenvalue weighted by Gasteiger charge is -2.16. The van der Waals surface area contributed by atoms with E-state index in [1.165, 1.54) is 21.4 Å². The van der Waals surface area contributed by atoms with E-state index in [9.17, 15) is 14.4 Å². The molecule has 4 rings (SSSR count). The van der Waals surface area contributed by atoms with Gasteiger partial charge in [-0.25, -0.2) is 19.1 Å². The minimum absolute atomic E-state index is 0.0891. The third-order valence-corrected chi connectivity index (χ3v) is 4.68. The van der Waals surface area contributed by atoms with Crippen molar-refractivity contribution in [1.82, 2.24) is 14.3 Å². The third-order valence-electron chi connectivity index (χ3n) is 4.44. The number of ether oxygens (including phenoxy) is 1. The van der Waals surface area contributed by atoms with E-state index in [0.717, 1.165) is 0 Å². The number of carbonyl (C=O) groups is 2. The van der Waals surface area contributed by atoms with Gasteiger partial charge in [0, 0.05) is 10.7 Å². The predicted molar refractivity (Wildman–Crippen MR) is 102 cm³/mol. The highest BCUT2D eigenvalue weighted by atomic mass is 35.5. The normalized spacial score (nSPS) is 12.9. The maximum absolute atomic E-state index is 12.9. The van der Waals surface area contributed by atoms with E-state index in [1.807, 2.05) is 0 Å². The minimum Gasteiger partial charge on any atom is -0.465 e. The van der Waals surface area contributed by atoms with Crippen LogP contribution in [0.25, 0.3) is 0 Å². The second-order valence-corrected chi connectivity index (χ2v) is 6.66. The molecule has 9 heteroatoms. The molecule has 0 bridgehead atoms. The number of anilines is 1. The van der Waals surface area contributed by atoms with E-state index in [2.05, 4.69) is 4.98 Å². The largest absolute Gasteiger partial charge is 0.465 e. The van der Waals surface area contributed by atoms with Crippen molar-refractivity contribution >= 4 is 29.3 Å². The van der Waals surface area contributed by atoms with Crippen LogP contribution in [-0.2, 0) is 17.8 Å². The maximum Gasteiger partial charge on any atom is 0.364 e. The van der Waals surface area contributed by atoms with Gasteiger partial charge in [0.05, 0.1) is 25.8 Å². The molecule has 1 aromatic heterocycles. The van der Waals surface area contributed by atoms with E-state index >= 15 is 0 Å². The first-order chi connectivity index (χ1) is 13.5. The Morgan fingerprint density at radius 1 is 1.18 bits per heavy atom. The summed E-state index contributed by atoms with van der Waals surface area (Å²) in [5.74, 6) is -0.130. The van der Waals surface area contributed by atoms with E-state index in [0.29, 0.717) is 27.7 Å². The number of nitrogens with zero attached hydrogens (tertiary/aromatic N) is 4. The fourth-order valence-electron chi connectivity index (χ4n) is 3.15. The van der Waals surface area contributed by atoms with Crippen LogP contribution in [-0.4, -0.2) is 33.5 Å². The summed E-state index contributed by atoms with van der Waals surface area (Å²) in [6.45, 7) is 0.259. The summed E-state index contributed by atoms with van der Waals surface area (Å²) in [5, 5.41) is 0.506. The number of esters is 1. The molecule has 2 heterocycles. The molecule has 0 saturated heterocycles. The lowest BCUT2D eigenvalue weighted by Crippen LogP contribution is -2.34. The van der Waals surface area contributed by atoms with Gasteiger partial charge >= 0.3 is 17.7 Å². The van der Waals surface area contributed by atoms with Crippen LogP contribution >= 0.6 is 11.6 Å². The highest BCUT2D eigenvalue weighted by molar-refractivity contribution is 6.30.